The number of sulfonamides is 1. The van der Waals surface area contributed by atoms with Crippen LogP contribution in [0.2, 0.25) is 0 Å². The first-order valence-corrected chi connectivity index (χ1v) is 12.6. The van der Waals surface area contributed by atoms with Gasteiger partial charge >= 0.3 is 0 Å². The van der Waals surface area contributed by atoms with Crippen LogP contribution < -0.4 is 10.1 Å². The Morgan fingerprint density at radius 2 is 1.90 bits per heavy atom. The van der Waals surface area contributed by atoms with Crippen molar-refractivity contribution in [3.05, 3.63) is 54.1 Å². The lowest BCUT2D eigenvalue weighted by atomic mass is 10.2. The zero-order valence-electron chi connectivity index (χ0n) is 16.7. The van der Waals surface area contributed by atoms with Gasteiger partial charge in [0.05, 0.1) is 18.6 Å². The average molecular weight is 453 g/mol. The molecule has 1 aliphatic heterocycles. The van der Waals surface area contributed by atoms with Crippen molar-refractivity contribution >= 4 is 31.5 Å². The Bertz CT molecular complexity index is 1130. The molecular formula is C20H24N2O6S2. The molecule has 1 saturated heterocycles. The number of benzene rings is 2. The van der Waals surface area contributed by atoms with Gasteiger partial charge in [-0.25, -0.2) is 16.8 Å². The normalized spacial score (nSPS) is 18.3. The lowest BCUT2D eigenvalue weighted by Crippen LogP contribution is -2.40. The molecule has 0 aliphatic carbocycles. The van der Waals surface area contributed by atoms with Crippen LogP contribution in [0, 0.1) is 0 Å². The molecule has 1 atom stereocenters. The number of nitrogens with zero attached hydrogens (tertiary/aromatic N) is 1. The minimum atomic E-state index is -4.14. The Morgan fingerprint density at radius 1 is 1.20 bits per heavy atom. The van der Waals surface area contributed by atoms with Gasteiger partial charge in [0, 0.05) is 25.2 Å². The first-order valence-electron chi connectivity index (χ1n) is 9.34. The number of anilines is 1. The fourth-order valence-electron chi connectivity index (χ4n) is 3.46. The van der Waals surface area contributed by atoms with Crippen LogP contribution in [0.15, 0.2) is 53.4 Å². The summed E-state index contributed by atoms with van der Waals surface area (Å²) in [6, 6.07) is 12.6. The number of hydrogen-bond acceptors (Lipinski definition) is 6. The Balaban J connectivity index is 2.08. The Hall–Kier alpha value is -2.43. The molecule has 0 unspecified atom stereocenters. The molecule has 0 bridgehead atoms. The monoisotopic (exact) mass is 452 g/mol. The minimum Gasteiger partial charge on any atom is -0.495 e. The predicted molar refractivity (Wildman–Crippen MR) is 114 cm³/mol. The van der Waals surface area contributed by atoms with E-state index in [1.807, 2.05) is 6.07 Å². The topological polar surface area (TPSA) is 110 Å². The average Bonchev–Trinajstić information content (AvgIpc) is 3.05. The van der Waals surface area contributed by atoms with E-state index < -0.39 is 25.9 Å². The molecule has 2 aromatic rings. The zero-order valence-corrected chi connectivity index (χ0v) is 18.4. The van der Waals surface area contributed by atoms with Gasteiger partial charge in [0.1, 0.15) is 10.6 Å². The SMILES string of the molecule is COc1ccc(NC(C)=O)cc1S(=O)(=O)N(Cc1ccccc1)[C@H]1CCS(=O)(=O)C1. The van der Waals surface area contributed by atoms with Crippen LogP contribution in [0.3, 0.4) is 0 Å². The van der Waals surface area contributed by atoms with Gasteiger partial charge in [-0.15, -0.1) is 0 Å². The van der Waals surface area contributed by atoms with Gasteiger partial charge in [0.25, 0.3) is 0 Å². The third-order valence-corrected chi connectivity index (χ3v) is 8.54. The molecule has 3 rings (SSSR count). The molecule has 162 valence electrons. The third kappa shape index (κ3) is 5.00. The maximum absolute atomic E-state index is 13.7. The lowest BCUT2D eigenvalue weighted by Gasteiger charge is -2.28. The molecule has 8 nitrogen and oxygen atoms in total. The highest BCUT2D eigenvalue weighted by Gasteiger charge is 2.40. The molecule has 0 spiro atoms. The van der Waals surface area contributed by atoms with E-state index in [9.17, 15) is 21.6 Å². The Kier molecular flexibility index (Phi) is 6.49. The van der Waals surface area contributed by atoms with Gasteiger partial charge in [0.15, 0.2) is 9.84 Å². The zero-order chi connectivity index (χ0) is 21.9. The second-order valence-electron chi connectivity index (χ2n) is 7.14. The van der Waals surface area contributed by atoms with Crippen molar-refractivity contribution in [2.45, 2.75) is 30.8 Å². The number of sulfone groups is 1. The molecule has 1 aliphatic rings. The highest BCUT2D eigenvalue weighted by molar-refractivity contribution is 7.92. The summed E-state index contributed by atoms with van der Waals surface area (Å²) in [6.07, 6.45) is 0.224. The molecule has 10 heteroatoms. The summed E-state index contributed by atoms with van der Waals surface area (Å²) in [7, 11) is -6.10. The number of rotatable bonds is 7. The van der Waals surface area contributed by atoms with E-state index in [2.05, 4.69) is 5.32 Å². The minimum absolute atomic E-state index is 0.0247. The molecule has 1 N–H and O–H groups in total. The summed E-state index contributed by atoms with van der Waals surface area (Å²) in [4.78, 5) is 11.3. The first-order chi connectivity index (χ1) is 14.1. The molecule has 2 aromatic carbocycles. The summed E-state index contributed by atoms with van der Waals surface area (Å²) in [6.45, 7) is 1.35. The summed E-state index contributed by atoms with van der Waals surface area (Å²) < 4.78 is 58.0. The van der Waals surface area contributed by atoms with Crippen molar-refractivity contribution in [1.82, 2.24) is 4.31 Å². The number of amides is 1. The fraction of sp³-hybridized carbons (Fsp3) is 0.350. The number of carbonyl (C=O) groups is 1. The fourth-order valence-corrected chi connectivity index (χ4v) is 7.11. The van der Waals surface area contributed by atoms with Crippen molar-refractivity contribution in [2.24, 2.45) is 0 Å². The van der Waals surface area contributed by atoms with Gasteiger partial charge in [0.2, 0.25) is 15.9 Å². The van der Waals surface area contributed by atoms with Gasteiger partial charge in [-0.3, -0.25) is 4.79 Å². The molecule has 0 radical (unpaired) electrons. The Morgan fingerprint density at radius 3 is 2.47 bits per heavy atom. The van der Waals surface area contributed by atoms with Crippen molar-refractivity contribution in [3.63, 3.8) is 0 Å². The number of ether oxygens (including phenoxy) is 1. The molecule has 30 heavy (non-hydrogen) atoms. The highest BCUT2D eigenvalue weighted by atomic mass is 32.2. The third-order valence-electron chi connectivity index (χ3n) is 4.87. The van der Waals surface area contributed by atoms with Crippen molar-refractivity contribution in [3.8, 4) is 5.75 Å². The number of methoxy groups -OCH3 is 1. The standard InChI is InChI=1S/C20H24N2O6S2/c1-15(23)21-17-8-9-19(28-2)20(12-17)30(26,27)22(13-16-6-4-3-5-7-16)18-10-11-29(24,25)14-18/h3-9,12,18H,10-11,13-14H2,1-2H3,(H,21,23)/t18-/m0/s1. The van der Waals surface area contributed by atoms with Crippen LogP contribution in [0.25, 0.3) is 0 Å². The van der Waals surface area contributed by atoms with Crippen LogP contribution in [0.5, 0.6) is 5.75 Å². The van der Waals surface area contributed by atoms with Crippen molar-refractivity contribution in [1.29, 1.82) is 0 Å². The first kappa shape index (κ1) is 22.3. The predicted octanol–water partition coefficient (Wildman–Crippen LogP) is 2.03. The lowest BCUT2D eigenvalue weighted by molar-refractivity contribution is -0.114. The molecule has 0 saturated carbocycles. The van der Waals surface area contributed by atoms with Gasteiger partial charge < -0.3 is 10.1 Å². The van der Waals surface area contributed by atoms with E-state index in [0.29, 0.717) is 5.69 Å². The molecule has 0 aromatic heterocycles. The van der Waals surface area contributed by atoms with Crippen molar-refractivity contribution in [2.75, 3.05) is 23.9 Å². The molecule has 1 heterocycles. The quantitative estimate of drug-likeness (QED) is 0.688. The number of carbonyl (C=O) groups excluding carboxylic acids is 1. The van der Waals surface area contributed by atoms with Crippen LogP contribution in [-0.2, 0) is 31.2 Å². The van der Waals surface area contributed by atoms with Crippen LogP contribution in [0.1, 0.15) is 18.9 Å². The van der Waals surface area contributed by atoms with Crippen LogP contribution in [-0.4, -0.2) is 51.7 Å². The molecule has 1 fully saturated rings. The second-order valence-corrected chi connectivity index (χ2v) is 11.2. The number of nitrogens with one attached hydrogen (secondary N) is 1. The largest absolute Gasteiger partial charge is 0.495 e. The van der Waals surface area contributed by atoms with E-state index in [1.54, 1.807) is 30.3 Å². The summed E-state index contributed by atoms with van der Waals surface area (Å²) in [5, 5.41) is 2.57. The van der Waals surface area contributed by atoms with Crippen LogP contribution in [0.4, 0.5) is 5.69 Å². The summed E-state index contributed by atoms with van der Waals surface area (Å²) in [5.74, 6) is -0.511. The maximum atomic E-state index is 13.7. The van der Waals surface area contributed by atoms with Crippen LogP contribution >= 0.6 is 0 Å². The molecular weight excluding hydrogens is 428 g/mol. The Labute approximate surface area is 176 Å². The van der Waals surface area contributed by atoms with E-state index in [-0.39, 0.29) is 41.0 Å². The second kappa shape index (κ2) is 8.75. The van der Waals surface area contributed by atoms with Gasteiger partial charge in [-0.2, -0.15) is 4.31 Å². The summed E-state index contributed by atoms with van der Waals surface area (Å²) >= 11 is 0. The highest BCUT2D eigenvalue weighted by Crippen LogP contribution is 2.33. The summed E-state index contributed by atoms with van der Waals surface area (Å²) in [5.41, 5.74) is 1.04. The van der Waals surface area contributed by atoms with E-state index in [0.717, 1.165) is 5.56 Å². The van der Waals surface area contributed by atoms with E-state index in [4.69, 9.17) is 4.74 Å². The van der Waals surface area contributed by atoms with Crippen molar-refractivity contribution < 1.29 is 26.4 Å². The molecule has 1 amide bonds. The smallest absolute Gasteiger partial charge is 0.247 e. The van der Waals surface area contributed by atoms with E-state index >= 15 is 0 Å². The number of hydrogen-bond donors (Lipinski definition) is 1. The maximum Gasteiger partial charge on any atom is 0.247 e. The van der Waals surface area contributed by atoms with Gasteiger partial charge in [-0.1, -0.05) is 30.3 Å². The van der Waals surface area contributed by atoms with Gasteiger partial charge in [-0.05, 0) is 30.2 Å². The van der Waals surface area contributed by atoms with E-state index in [1.165, 1.54) is 30.5 Å².